The number of carbonyl (C=O) groups excluding carboxylic acids is 2. The molecule has 0 saturated heterocycles. The molecule has 5 nitrogen and oxygen atoms in total. The molecule has 0 bridgehead atoms. The molecular weight excluding hydrogens is 264 g/mol. The first-order valence-corrected chi connectivity index (χ1v) is 6.79. The van der Waals surface area contributed by atoms with Crippen LogP contribution in [0.1, 0.15) is 28.8 Å². The van der Waals surface area contributed by atoms with Crippen molar-refractivity contribution in [3.63, 3.8) is 0 Å². The molecule has 2 rings (SSSR count). The summed E-state index contributed by atoms with van der Waals surface area (Å²) in [5, 5.41) is 7.57. The minimum atomic E-state index is -0.907. The number of aromatic nitrogens is 2. The Morgan fingerprint density at radius 3 is 2.84 bits per heavy atom. The number of hydrogen-bond donors (Lipinski definition) is 0. The third-order valence-corrected chi connectivity index (χ3v) is 3.35. The summed E-state index contributed by atoms with van der Waals surface area (Å²) < 4.78 is 6.53. The Balaban J connectivity index is 2.32. The van der Waals surface area contributed by atoms with Gasteiger partial charge in [-0.25, -0.2) is 0 Å². The number of aryl methyl sites for hydroxylation is 1. The number of nitrogens with zero attached hydrogens (tertiary/aromatic N) is 2. The van der Waals surface area contributed by atoms with E-state index in [1.807, 2.05) is 5.38 Å². The number of esters is 1. The zero-order valence-electron chi connectivity index (χ0n) is 10.7. The predicted molar refractivity (Wildman–Crippen MR) is 71.2 cm³/mol. The summed E-state index contributed by atoms with van der Waals surface area (Å²) in [6.07, 6.45) is 3.06. The van der Waals surface area contributed by atoms with Gasteiger partial charge in [-0.2, -0.15) is 16.4 Å². The molecule has 0 N–H and O–H groups in total. The summed E-state index contributed by atoms with van der Waals surface area (Å²) in [6.45, 7) is 1.97. The lowest BCUT2D eigenvalue weighted by atomic mass is 9.94. The summed E-state index contributed by atoms with van der Waals surface area (Å²) in [4.78, 5) is 24.4. The van der Waals surface area contributed by atoms with Crippen LogP contribution in [0.2, 0.25) is 0 Å². The van der Waals surface area contributed by atoms with Crippen molar-refractivity contribution < 1.29 is 14.3 Å². The van der Waals surface area contributed by atoms with Crippen molar-refractivity contribution in [1.82, 2.24) is 9.78 Å². The molecule has 2 aromatic rings. The molecule has 0 spiro atoms. The number of hydrogen-bond acceptors (Lipinski definition) is 5. The Hall–Kier alpha value is -1.95. The number of ketones is 1. The predicted octanol–water partition coefficient (Wildman–Crippen LogP) is 2.01. The Kier molecular flexibility index (Phi) is 4.11. The molecule has 0 aromatic carbocycles. The topological polar surface area (TPSA) is 61.2 Å². The van der Waals surface area contributed by atoms with Crippen LogP contribution in [0, 0.1) is 0 Å². The average Bonchev–Trinajstić information content (AvgIpc) is 3.01. The fourth-order valence-electron chi connectivity index (χ4n) is 1.77. The van der Waals surface area contributed by atoms with Crippen molar-refractivity contribution >= 4 is 23.1 Å². The molecule has 19 heavy (non-hydrogen) atoms. The maximum atomic E-state index is 12.4. The second-order valence-electron chi connectivity index (χ2n) is 4.01. The zero-order chi connectivity index (χ0) is 13.8. The van der Waals surface area contributed by atoms with E-state index in [1.165, 1.54) is 22.2 Å². The minimum Gasteiger partial charge on any atom is -0.465 e. The molecule has 2 aromatic heterocycles. The van der Waals surface area contributed by atoms with E-state index in [1.54, 1.807) is 31.6 Å². The maximum absolute atomic E-state index is 12.4. The van der Waals surface area contributed by atoms with E-state index < -0.39 is 11.9 Å². The van der Waals surface area contributed by atoms with E-state index in [0.29, 0.717) is 11.1 Å². The first kappa shape index (κ1) is 13.5. The van der Waals surface area contributed by atoms with Crippen LogP contribution in [-0.4, -0.2) is 28.1 Å². The monoisotopic (exact) mass is 278 g/mol. The molecule has 1 unspecified atom stereocenters. The van der Waals surface area contributed by atoms with Gasteiger partial charge in [0.15, 0.2) is 5.78 Å². The largest absolute Gasteiger partial charge is 0.465 e. The summed E-state index contributed by atoms with van der Waals surface area (Å²) in [7, 11) is 1.72. The van der Waals surface area contributed by atoms with Crippen LogP contribution in [0.15, 0.2) is 29.2 Å². The molecule has 0 aliphatic heterocycles. The third kappa shape index (κ3) is 2.90. The lowest BCUT2D eigenvalue weighted by Gasteiger charge is -2.12. The van der Waals surface area contributed by atoms with Gasteiger partial charge < -0.3 is 4.74 Å². The molecule has 0 radical (unpaired) electrons. The highest BCUT2D eigenvalue weighted by atomic mass is 32.1. The zero-order valence-corrected chi connectivity index (χ0v) is 11.5. The van der Waals surface area contributed by atoms with Gasteiger partial charge in [-0.05, 0) is 29.3 Å². The average molecular weight is 278 g/mol. The van der Waals surface area contributed by atoms with E-state index in [2.05, 4.69) is 5.10 Å². The van der Waals surface area contributed by atoms with Gasteiger partial charge in [-0.15, -0.1) is 0 Å². The van der Waals surface area contributed by atoms with Crippen LogP contribution in [0.25, 0.3) is 0 Å². The number of ether oxygens (including phenoxy) is 1. The standard InChI is InChI=1S/C13H14N2O3S/c1-3-18-13(17)11(9-4-5-19-8-9)12(16)10-6-14-15(2)7-10/h4-8,11H,3H2,1-2H3. The molecular formula is C13H14N2O3S. The second-order valence-corrected chi connectivity index (χ2v) is 4.79. The summed E-state index contributed by atoms with van der Waals surface area (Å²) in [6, 6.07) is 1.76. The molecule has 0 fully saturated rings. The normalized spacial score (nSPS) is 12.1. The molecule has 2 heterocycles. The molecule has 0 amide bonds. The van der Waals surface area contributed by atoms with Gasteiger partial charge in [0.25, 0.3) is 0 Å². The van der Waals surface area contributed by atoms with Gasteiger partial charge >= 0.3 is 5.97 Å². The van der Waals surface area contributed by atoms with Gasteiger partial charge in [-0.3, -0.25) is 14.3 Å². The van der Waals surface area contributed by atoms with E-state index >= 15 is 0 Å². The van der Waals surface area contributed by atoms with Gasteiger partial charge in [-0.1, -0.05) is 0 Å². The molecule has 0 saturated carbocycles. The van der Waals surface area contributed by atoms with Crippen LogP contribution < -0.4 is 0 Å². The van der Waals surface area contributed by atoms with Crippen LogP contribution in [0.3, 0.4) is 0 Å². The number of Topliss-reactive ketones (excluding diaryl/α,β-unsaturated/α-hetero) is 1. The Morgan fingerprint density at radius 1 is 1.53 bits per heavy atom. The Bertz CT molecular complexity index is 574. The van der Waals surface area contributed by atoms with Crippen molar-refractivity contribution in [2.75, 3.05) is 6.61 Å². The Labute approximate surface area is 114 Å². The van der Waals surface area contributed by atoms with Gasteiger partial charge in [0, 0.05) is 13.2 Å². The van der Waals surface area contributed by atoms with Crippen LogP contribution in [-0.2, 0) is 16.6 Å². The first-order valence-electron chi connectivity index (χ1n) is 5.85. The maximum Gasteiger partial charge on any atom is 0.321 e. The van der Waals surface area contributed by atoms with Crippen molar-refractivity contribution in [2.24, 2.45) is 7.05 Å². The SMILES string of the molecule is CCOC(=O)C(C(=O)c1cnn(C)c1)c1ccsc1. The third-order valence-electron chi connectivity index (χ3n) is 2.65. The second kappa shape index (κ2) is 5.79. The lowest BCUT2D eigenvalue weighted by Crippen LogP contribution is -2.23. The Morgan fingerprint density at radius 2 is 2.32 bits per heavy atom. The van der Waals surface area contributed by atoms with Gasteiger partial charge in [0.05, 0.1) is 18.4 Å². The van der Waals surface area contributed by atoms with E-state index in [9.17, 15) is 9.59 Å². The highest BCUT2D eigenvalue weighted by molar-refractivity contribution is 7.08. The first-order chi connectivity index (χ1) is 9.13. The number of rotatable bonds is 5. The lowest BCUT2D eigenvalue weighted by molar-refractivity contribution is -0.143. The summed E-state index contributed by atoms with van der Waals surface area (Å²) >= 11 is 1.44. The van der Waals surface area contributed by atoms with E-state index in [0.717, 1.165) is 0 Å². The number of carbonyl (C=O) groups is 2. The quantitative estimate of drug-likeness (QED) is 0.477. The van der Waals surface area contributed by atoms with Crippen LogP contribution >= 0.6 is 11.3 Å². The van der Waals surface area contributed by atoms with Crippen LogP contribution in [0.4, 0.5) is 0 Å². The van der Waals surface area contributed by atoms with Crippen LogP contribution in [0.5, 0.6) is 0 Å². The highest BCUT2D eigenvalue weighted by Gasteiger charge is 2.31. The van der Waals surface area contributed by atoms with Crippen molar-refractivity contribution in [3.8, 4) is 0 Å². The molecule has 6 heteroatoms. The van der Waals surface area contributed by atoms with Crippen molar-refractivity contribution in [3.05, 3.63) is 40.3 Å². The summed E-state index contributed by atoms with van der Waals surface area (Å²) in [5.41, 5.74) is 1.07. The van der Waals surface area contributed by atoms with Crippen molar-refractivity contribution in [1.29, 1.82) is 0 Å². The minimum absolute atomic E-state index is 0.250. The van der Waals surface area contributed by atoms with Gasteiger partial charge in [0.2, 0.25) is 0 Å². The summed E-state index contributed by atoms with van der Waals surface area (Å²) in [5.74, 6) is -1.71. The van der Waals surface area contributed by atoms with Gasteiger partial charge in [0.1, 0.15) is 5.92 Å². The molecule has 0 aliphatic rings. The smallest absolute Gasteiger partial charge is 0.321 e. The van der Waals surface area contributed by atoms with E-state index in [-0.39, 0.29) is 12.4 Å². The van der Waals surface area contributed by atoms with E-state index in [4.69, 9.17) is 4.74 Å². The fraction of sp³-hybridized carbons (Fsp3) is 0.308. The highest BCUT2D eigenvalue weighted by Crippen LogP contribution is 2.24. The molecule has 100 valence electrons. The molecule has 1 atom stereocenters. The number of thiophene rings is 1. The molecule has 0 aliphatic carbocycles. The fourth-order valence-corrected chi connectivity index (χ4v) is 2.46. The van der Waals surface area contributed by atoms with Crippen molar-refractivity contribution in [2.45, 2.75) is 12.8 Å².